The van der Waals surface area contributed by atoms with Crippen molar-refractivity contribution in [3.05, 3.63) is 137 Å². The molecule has 0 atom stereocenters. The quantitative estimate of drug-likeness (QED) is 0.180. The van der Waals surface area contributed by atoms with Crippen LogP contribution >= 0.6 is 11.6 Å². The molecule has 5 heteroatoms. The average molecular weight is 590 g/mol. The van der Waals surface area contributed by atoms with E-state index in [0.717, 1.165) is 38.1 Å². The Labute approximate surface area is 260 Å². The first-order valence-corrected chi connectivity index (χ1v) is 15.1. The Morgan fingerprint density at radius 1 is 0.884 bits per heavy atom. The van der Waals surface area contributed by atoms with Gasteiger partial charge in [-0.05, 0) is 80.9 Å². The number of para-hydroxylation sites is 2. The van der Waals surface area contributed by atoms with E-state index in [9.17, 15) is 4.79 Å². The number of hydrogen-bond acceptors (Lipinski definition) is 3. The van der Waals surface area contributed by atoms with Crippen LogP contribution in [0.3, 0.4) is 0 Å². The Morgan fingerprint density at radius 3 is 2.23 bits per heavy atom. The largest absolute Gasteiger partial charge is 0.322 e. The summed E-state index contributed by atoms with van der Waals surface area (Å²) in [7, 11) is 0. The van der Waals surface area contributed by atoms with Gasteiger partial charge in [0.25, 0.3) is 0 Å². The predicted octanol–water partition coefficient (Wildman–Crippen LogP) is 10.6. The van der Waals surface area contributed by atoms with Crippen LogP contribution in [0.4, 0.5) is 5.69 Å². The number of carbonyl (C=O) groups excluding carboxylic acids is 1. The van der Waals surface area contributed by atoms with Gasteiger partial charge in [-0.2, -0.15) is 0 Å². The van der Waals surface area contributed by atoms with Gasteiger partial charge in [0.15, 0.2) is 0 Å². The predicted molar refractivity (Wildman–Crippen MR) is 183 cm³/mol. The maximum Gasteiger partial charge on any atom is 0.248 e. The molecular weight excluding hydrogens is 550 g/mol. The molecule has 1 aliphatic carbocycles. The van der Waals surface area contributed by atoms with Gasteiger partial charge in [0.05, 0.1) is 21.7 Å². The van der Waals surface area contributed by atoms with Gasteiger partial charge >= 0.3 is 0 Å². The minimum absolute atomic E-state index is 0.147. The molecule has 2 aromatic heterocycles. The van der Waals surface area contributed by atoms with E-state index in [-0.39, 0.29) is 11.3 Å². The van der Waals surface area contributed by atoms with Gasteiger partial charge in [-0.1, -0.05) is 103 Å². The van der Waals surface area contributed by atoms with Gasteiger partial charge < -0.3 is 5.32 Å². The number of pyridine rings is 2. The van der Waals surface area contributed by atoms with E-state index >= 15 is 0 Å². The molecule has 4 aromatic rings. The number of carbonyl (C=O) groups is 1. The fourth-order valence-electron chi connectivity index (χ4n) is 5.32. The molecule has 0 radical (unpaired) electrons. The smallest absolute Gasteiger partial charge is 0.248 e. The molecule has 2 aromatic carbocycles. The maximum atomic E-state index is 12.5. The molecule has 0 aliphatic heterocycles. The van der Waals surface area contributed by atoms with Crippen LogP contribution in [-0.2, 0) is 4.79 Å². The number of nitrogens with one attached hydrogen (secondary N) is 1. The van der Waals surface area contributed by atoms with Crippen molar-refractivity contribution in [3.63, 3.8) is 0 Å². The summed E-state index contributed by atoms with van der Waals surface area (Å²) in [6.45, 7) is 11.0. The second kappa shape index (κ2) is 14.8. The van der Waals surface area contributed by atoms with E-state index in [1.807, 2.05) is 73.7 Å². The monoisotopic (exact) mass is 589 g/mol. The lowest BCUT2D eigenvalue weighted by Crippen LogP contribution is -2.19. The third-order valence-corrected chi connectivity index (χ3v) is 7.96. The zero-order valence-corrected chi connectivity index (χ0v) is 26.5. The van der Waals surface area contributed by atoms with Gasteiger partial charge in [-0.25, -0.2) is 0 Å². The van der Waals surface area contributed by atoms with E-state index in [2.05, 4.69) is 61.2 Å². The molecule has 0 fully saturated rings. The van der Waals surface area contributed by atoms with E-state index in [1.54, 1.807) is 24.5 Å². The first kappa shape index (κ1) is 31.7. The van der Waals surface area contributed by atoms with Crippen LogP contribution in [-0.4, -0.2) is 15.9 Å². The molecule has 1 amide bonds. The first-order valence-electron chi connectivity index (χ1n) is 14.7. The highest BCUT2D eigenvalue weighted by molar-refractivity contribution is 6.35. The van der Waals surface area contributed by atoms with Crippen LogP contribution in [0.15, 0.2) is 132 Å². The number of halogens is 1. The number of allylic oxidation sites excluding steroid dienone is 9. The molecule has 4 nitrogen and oxygen atoms in total. The minimum Gasteiger partial charge on any atom is -0.322 e. The van der Waals surface area contributed by atoms with E-state index < -0.39 is 0 Å². The SMILES string of the molecule is CC1=C(/C=C/C(C)=C/C=C/C(C)=C/C(=O)Nc2ccnc3ccccc23)C(C)(C)CCC1.Clc1ccnc2ccccc12. The number of anilines is 1. The summed E-state index contributed by atoms with van der Waals surface area (Å²) in [4.78, 5) is 20.9. The highest BCUT2D eigenvalue weighted by atomic mass is 35.5. The van der Waals surface area contributed by atoms with Crippen LogP contribution in [0, 0.1) is 5.41 Å². The lowest BCUT2D eigenvalue weighted by molar-refractivity contribution is -0.111. The fraction of sp³-hybridized carbons (Fsp3) is 0.237. The summed E-state index contributed by atoms with van der Waals surface area (Å²) in [5.74, 6) is -0.147. The zero-order chi connectivity index (χ0) is 30.8. The molecule has 0 unspecified atom stereocenters. The standard InChI is InChI=1S/C29H34N2O.C9H6ClN/c1-21(15-16-25-23(3)12-9-18-29(25,4)5)10-8-11-22(2)20-28(32)31-27-17-19-30-26-14-7-6-13-24(26)27;10-8-5-6-11-9-4-2-1-3-7(8)9/h6-8,10-11,13-17,19-20H,9,12,18H2,1-5H3,(H,30,31,32);1-6H/b11-8+,16-15+,21-10+,22-20+;. The van der Waals surface area contributed by atoms with Crippen LogP contribution in [0.25, 0.3) is 21.8 Å². The van der Waals surface area contributed by atoms with Crippen LogP contribution in [0.5, 0.6) is 0 Å². The molecule has 0 saturated heterocycles. The molecule has 0 bridgehead atoms. The van der Waals surface area contributed by atoms with Crippen molar-refractivity contribution >= 4 is 45.0 Å². The van der Waals surface area contributed by atoms with Crippen molar-refractivity contribution in [2.75, 3.05) is 5.32 Å². The molecule has 43 heavy (non-hydrogen) atoms. The molecule has 220 valence electrons. The number of amides is 1. The van der Waals surface area contributed by atoms with Gasteiger partial charge in [0.2, 0.25) is 5.91 Å². The Kier molecular flexibility index (Phi) is 10.9. The lowest BCUT2D eigenvalue weighted by atomic mass is 9.72. The Morgan fingerprint density at radius 2 is 1.53 bits per heavy atom. The Balaban J connectivity index is 0.000000319. The van der Waals surface area contributed by atoms with Crippen molar-refractivity contribution in [2.24, 2.45) is 5.41 Å². The molecule has 2 heterocycles. The number of fused-ring (bicyclic) bond motifs is 2. The van der Waals surface area contributed by atoms with Crippen molar-refractivity contribution in [1.29, 1.82) is 0 Å². The van der Waals surface area contributed by atoms with Gasteiger partial charge in [-0.3, -0.25) is 14.8 Å². The summed E-state index contributed by atoms with van der Waals surface area (Å²) in [6.07, 6.45) is 19.3. The topological polar surface area (TPSA) is 54.9 Å². The van der Waals surface area contributed by atoms with Gasteiger partial charge in [-0.15, -0.1) is 0 Å². The van der Waals surface area contributed by atoms with Gasteiger partial charge in [0, 0.05) is 29.2 Å². The second-order valence-corrected chi connectivity index (χ2v) is 12.0. The number of aromatic nitrogens is 2. The van der Waals surface area contributed by atoms with Crippen LogP contribution in [0.1, 0.15) is 53.9 Å². The highest BCUT2D eigenvalue weighted by Crippen LogP contribution is 2.40. The zero-order valence-electron chi connectivity index (χ0n) is 25.7. The number of hydrogen-bond donors (Lipinski definition) is 1. The normalized spacial score (nSPS) is 15.7. The lowest BCUT2D eigenvalue weighted by Gasteiger charge is -2.32. The van der Waals surface area contributed by atoms with Crippen LogP contribution < -0.4 is 5.32 Å². The van der Waals surface area contributed by atoms with E-state index in [4.69, 9.17) is 11.6 Å². The van der Waals surface area contributed by atoms with E-state index in [1.165, 1.54) is 36.0 Å². The Bertz CT molecular complexity index is 1750. The molecule has 0 saturated carbocycles. The van der Waals surface area contributed by atoms with Crippen molar-refractivity contribution in [1.82, 2.24) is 9.97 Å². The number of nitrogens with zero attached hydrogens (tertiary/aromatic N) is 2. The average Bonchev–Trinajstić information content (AvgIpc) is 2.97. The first-order chi connectivity index (χ1) is 20.6. The fourth-order valence-corrected chi connectivity index (χ4v) is 5.54. The van der Waals surface area contributed by atoms with E-state index in [0.29, 0.717) is 0 Å². The maximum absolute atomic E-state index is 12.5. The highest BCUT2D eigenvalue weighted by Gasteiger charge is 2.26. The molecular formula is C38H40ClN3O. The summed E-state index contributed by atoms with van der Waals surface area (Å²) in [5, 5.41) is 5.67. The van der Waals surface area contributed by atoms with Crippen molar-refractivity contribution in [2.45, 2.75) is 53.9 Å². The molecule has 5 rings (SSSR count). The summed E-state index contributed by atoms with van der Waals surface area (Å²) < 4.78 is 0. The summed E-state index contributed by atoms with van der Waals surface area (Å²) in [6, 6.07) is 19.2. The third-order valence-electron chi connectivity index (χ3n) is 7.64. The number of benzene rings is 2. The third kappa shape index (κ3) is 8.86. The van der Waals surface area contributed by atoms with Gasteiger partial charge in [0.1, 0.15) is 0 Å². The van der Waals surface area contributed by atoms with Crippen LogP contribution in [0.2, 0.25) is 5.02 Å². The number of rotatable bonds is 6. The van der Waals surface area contributed by atoms with Crippen molar-refractivity contribution in [3.8, 4) is 0 Å². The minimum atomic E-state index is -0.147. The molecule has 1 aliphatic rings. The Hall–Kier alpha value is -4.28. The van der Waals surface area contributed by atoms with Crippen molar-refractivity contribution < 1.29 is 4.79 Å². The molecule has 0 spiro atoms. The summed E-state index contributed by atoms with van der Waals surface area (Å²) >= 11 is 5.92. The second-order valence-electron chi connectivity index (χ2n) is 11.6. The molecule has 1 N–H and O–H groups in total. The summed E-state index contributed by atoms with van der Waals surface area (Å²) in [5.41, 5.74) is 7.88.